The minimum absolute atomic E-state index is 0.0259. The number of rotatable bonds is 3. The van der Waals surface area contributed by atoms with Crippen LogP contribution in [-0.4, -0.2) is 59.4 Å². The molecule has 2 saturated heterocycles. The first kappa shape index (κ1) is 16.5. The lowest BCUT2D eigenvalue weighted by molar-refractivity contribution is -0.117. The summed E-state index contributed by atoms with van der Waals surface area (Å²) in [4.78, 5) is 38.8. The van der Waals surface area contributed by atoms with E-state index >= 15 is 0 Å². The molecule has 26 heavy (non-hydrogen) atoms. The molecule has 134 valence electrons. The molecule has 1 aromatic carbocycles. The third-order valence-corrected chi connectivity index (χ3v) is 4.90. The monoisotopic (exact) mass is 351 g/mol. The molecule has 0 unspecified atom stereocenters. The van der Waals surface area contributed by atoms with Gasteiger partial charge in [-0.25, -0.2) is 9.97 Å². The Labute approximate surface area is 152 Å². The summed E-state index contributed by atoms with van der Waals surface area (Å²) in [6.45, 7) is 3.48. The second kappa shape index (κ2) is 7.11. The van der Waals surface area contributed by atoms with Crippen molar-refractivity contribution in [2.45, 2.75) is 12.8 Å². The summed E-state index contributed by atoms with van der Waals surface area (Å²) < 4.78 is 0. The van der Waals surface area contributed by atoms with Crippen LogP contribution in [0, 0.1) is 0 Å². The molecule has 0 radical (unpaired) electrons. The lowest BCUT2D eigenvalue weighted by atomic mass is 10.1. The van der Waals surface area contributed by atoms with E-state index in [1.54, 1.807) is 23.4 Å². The predicted molar refractivity (Wildman–Crippen MR) is 98.2 cm³/mol. The Hall–Kier alpha value is -2.96. The van der Waals surface area contributed by atoms with E-state index < -0.39 is 0 Å². The number of benzene rings is 1. The molecule has 0 aliphatic carbocycles. The number of nitrogens with zero attached hydrogens (tertiary/aromatic N) is 5. The van der Waals surface area contributed by atoms with Crippen LogP contribution in [-0.2, 0) is 4.79 Å². The second-order valence-corrected chi connectivity index (χ2v) is 6.52. The van der Waals surface area contributed by atoms with Gasteiger partial charge < -0.3 is 14.7 Å². The van der Waals surface area contributed by atoms with Crippen molar-refractivity contribution in [3.05, 3.63) is 48.3 Å². The van der Waals surface area contributed by atoms with Crippen LogP contribution in [0.1, 0.15) is 23.2 Å². The average Bonchev–Trinajstić information content (AvgIpc) is 3.14. The summed E-state index contributed by atoms with van der Waals surface area (Å²) in [6, 6.07) is 9.16. The molecule has 0 N–H and O–H groups in total. The van der Waals surface area contributed by atoms with Crippen molar-refractivity contribution < 1.29 is 9.59 Å². The van der Waals surface area contributed by atoms with Gasteiger partial charge in [0.25, 0.3) is 5.91 Å². The molecule has 2 aliphatic heterocycles. The quantitative estimate of drug-likeness (QED) is 0.839. The van der Waals surface area contributed by atoms with Gasteiger partial charge in [-0.05, 0) is 36.8 Å². The van der Waals surface area contributed by atoms with Crippen molar-refractivity contribution in [1.29, 1.82) is 0 Å². The molecule has 4 rings (SSSR count). The Balaban J connectivity index is 1.38. The van der Waals surface area contributed by atoms with Crippen LogP contribution in [0.25, 0.3) is 0 Å². The Morgan fingerprint density at radius 3 is 2.23 bits per heavy atom. The molecule has 2 fully saturated rings. The van der Waals surface area contributed by atoms with Crippen LogP contribution in [0.2, 0.25) is 0 Å². The lowest BCUT2D eigenvalue weighted by Gasteiger charge is -2.34. The summed E-state index contributed by atoms with van der Waals surface area (Å²) in [5.41, 5.74) is 1.53. The van der Waals surface area contributed by atoms with Crippen LogP contribution < -0.4 is 9.80 Å². The number of hydrogen-bond donors (Lipinski definition) is 0. The Morgan fingerprint density at radius 1 is 0.923 bits per heavy atom. The topological polar surface area (TPSA) is 69.6 Å². The van der Waals surface area contributed by atoms with E-state index in [4.69, 9.17) is 0 Å². The SMILES string of the molecule is O=C(c1ccc(N2CCCC2=O)cc1)N1CCN(c2ncccn2)CC1. The number of piperazine rings is 1. The molecular weight excluding hydrogens is 330 g/mol. The highest BCUT2D eigenvalue weighted by Gasteiger charge is 2.25. The minimum atomic E-state index is 0.0259. The van der Waals surface area contributed by atoms with Gasteiger partial charge in [0, 0.05) is 62.8 Å². The number of hydrogen-bond acceptors (Lipinski definition) is 5. The van der Waals surface area contributed by atoms with Crippen molar-refractivity contribution in [2.75, 3.05) is 42.5 Å². The van der Waals surface area contributed by atoms with Crippen molar-refractivity contribution in [3.8, 4) is 0 Å². The Morgan fingerprint density at radius 2 is 1.62 bits per heavy atom. The molecule has 7 nitrogen and oxygen atoms in total. The highest BCUT2D eigenvalue weighted by atomic mass is 16.2. The van der Waals surface area contributed by atoms with Gasteiger partial charge in [0.15, 0.2) is 0 Å². The van der Waals surface area contributed by atoms with E-state index in [0.717, 1.165) is 31.7 Å². The van der Waals surface area contributed by atoms with Crippen LogP contribution in [0.4, 0.5) is 11.6 Å². The fourth-order valence-electron chi connectivity index (χ4n) is 3.45. The number of carbonyl (C=O) groups is 2. The van der Waals surface area contributed by atoms with Crippen LogP contribution in [0.5, 0.6) is 0 Å². The van der Waals surface area contributed by atoms with Gasteiger partial charge >= 0.3 is 0 Å². The van der Waals surface area contributed by atoms with E-state index in [1.165, 1.54) is 0 Å². The standard InChI is InChI=1S/C19H21N5O2/c25-17-3-1-10-24(17)16-6-4-15(5-7-16)18(26)22-11-13-23(14-12-22)19-20-8-2-9-21-19/h2,4-9H,1,3,10-14H2. The summed E-state index contributed by atoms with van der Waals surface area (Å²) in [7, 11) is 0. The third kappa shape index (κ3) is 3.24. The molecule has 7 heteroatoms. The van der Waals surface area contributed by atoms with E-state index in [2.05, 4.69) is 14.9 Å². The first-order chi connectivity index (χ1) is 12.7. The number of amides is 2. The number of carbonyl (C=O) groups excluding carboxylic acids is 2. The van der Waals surface area contributed by atoms with E-state index in [9.17, 15) is 9.59 Å². The molecule has 3 heterocycles. The van der Waals surface area contributed by atoms with Gasteiger partial charge in [-0.1, -0.05) is 0 Å². The van der Waals surface area contributed by atoms with Gasteiger partial charge in [0.2, 0.25) is 11.9 Å². The summed E-state index contributed by atoms with van der Waals surface area (Å²) in [6.07, 6.45) is 4.96. The van der Waals surface area contributed by atoms with Gasteiger partial charge in [0.1, 0.15) is 0 Å². The van der Waals surface area contributed by atoms with E-state index in [-0.39, 0.29) is 11.8 Å². The molecule has 2 aromatic rings. The van der Waals surface area contributed by atoms with Gasteiger partial charge in [-0.3, -0.25) is 9.59 Å². The van der Waals surface area contributed by atoms with Crippen LogP contribution in [0.3, 0.4) is 0 Å². The van der Waals surface area contributed by atoms with Crippen molar-refractivity contribution >= 4 is 23.5 Å². The zero-order valence-corrected chi connectivity index (χ0v) is 14.5. The molecule has 0 atom stereocenters. The molecular formula is C19H21N5O2. The van der Waals surface area contributed by atoms with Crippen molar-refractivity contribution in [3.63, 3.8) is 0 Å². The highest BCUT2D eigenvalue weighted by Crippen LogP contribution is 2.22. The molecule has 2 aliphatic rings. The van der Waals surface area contributed by atoms with Gasteiger partial charge in [0.05, 0.1) is 0 Å². The normalized spacial score (nSPS) is 17.7. The zero-order valence-electron chi connectivity index (χ0n) is 14.5. The maximum absolute atomic E-state index is 12.7. The van der Waals surface area contributed by atoms with Gasteiger partial charge in [-0.15, -0.1) is 0 Å². The van der Waals surface area contributed by atoms with E-state index in [1.807, 2.05) is 29.2 Å². The molecule has 1 aromatic heterocycles. The predicted octanol–water partition coefficient (Wildman–Crippen LogP) is 1.57. The second-order valence-electron chi connectivity index (χ2n) is 6.52. The average molecular weight is 351 g/mol. The fourth-order valence-corrected chi connectivity index (χ4v) is 3.45. The Kier molecular flexibility index (Phi) is 4.51. The summed E-state index contributed by atoms with van der Waals surface area (Å²) >= 11 is 0. The molecule has 2 amide bonds. The zero-order chi connectivity index (χ0) is 17.9. The van der Waals surface area contributed by atoms with Crippen molar-refractivity contribution in [1.82, 2.24) is 14.9 Å². The largest absolute Gasteiger partial charge is 0.337 e. The van der Waals surface area contributed by atoms with E-state index in [0.29, 0.717) is 31.0 Å². The number of aromatic nitrogens is 2. The first-order valence-electron chi connectivity index (χ1n) is 8.94. The lowest BCUT2D eigenvalue weighted by Crippen LogP contribution is -2.49. The fraction of sp³-hybridized carbons (Fsp3) is 0.368. The summed E-state index contributed by atoms with van der Waals surface area (Å²) in [5, 5.41) is 0. The number of anilines is 2. The summed E-state index contributed by atoms with van der Waals surface area (Å²) in [5.74, 6) is 0.889. The minimum Gasteiger partial charge on any atom is -0.337 e. The van der Waals surface area contributed by atoms with Crippen molar-refractivity contribution in [2.24, 2.45) is 0 Å². The smallest absolute Gasteiger partial charge is 0.253 e. The van der Waals surface area contributed by atoms with Crippen LogP contribution >= 0.6 is 0 Å². The first-order valence-corrected chi connectivity index (χ1v) is 8.94. The maximum atomic E-state index is 12.7. The third-order valence-electron chi connectivity index (χ3n) is 4.90. The Bertz CT molecular complexity index is 785. The highest BCUT2D eigenvalue weighted by molar-refractivity contribution is 5.97. The molecule has 0 saturated carbocycles. The van der Waals surface area contributed by atoms with Crippen LogP contribution in [0.15, 0.2) is 42.7 Å². The maximum Gasteiger partial charge on any atom is 0.253 e. The molecule has 0 spiro atoms. The molecule has 0 bridgehead atoms. The van der Waals surface area contributed by atoms with Gasteiger partial charge in [-0.2, -0.15) is 0 Å².